The summed E-state index contributed by atoms with van der Waals surface area (Å²) >= 11 is 6.05. The highest BCUT2D eigenvalue weighted by Gasteiger charge is 2.24. The number of rotatable bonds is 7. The first-order valence-electron chi connectivity index (χ1n) is 11.5. The van der Waals surface area contributed by atoms with E-state index in [0.717, 1.165) is 17.1 Å². The largest absolute Gasteiger partial charge is 0.479 e. The van der Waals surface area contributed by atoms with Gasteiger partial charge in [0, 0.05) is 30.3 Å². The number of carbonyl (C=O) groups excluding carboxylic acids is 2. The Kier molecular flexibility index (Phi) is 8.04. The molecule has 0 bridgehead atoms. The van der Waals surface area contributed by atoms with E-state index in [0.29, 0.717) is 0 Å². The minimum absolute atomic E-state index is 0.0349. The van der Waals surface area contributed by atoms with E-state index in [9.17, 15) is 14.0 Å². The van der Waals surface area contributed by atoms with Gasteiger partial charge in [0.2, 0.25) is 17.5 Å². The van der Waals surface area contributed by atoms with Crippen LogP contribution in [0.25, 0.3) is 22.5 Å². The lowest BCUT2D eigenvalue weighted by Crippen LogP contribution is -2.51. The molecule has 204 valence electrons. The zero-order valence-corrected chi connectivity index (χ0v) is 21.8. The summed E-state index contributed by atoms with van der Waals surface area (Å²) in [4.78, 5) is 33.3. The molecule has 0 aliphatic heterocycles. The fourth-order valence-corrected chi connectivity index (χ4v) is 3.79. The summed E-state index contributed by atoms with van der Waals surface area (Å²) in [5, 5.41) is 10.9. The van der Waals surface area contributed by atoms with Gasteiger partial charge in [0.15, 0.2) is 0 Å². The molecule has 0 aliphatic rings. The molecule has 3 amide bonds. The molecule has 3 aromatic heterocycles. The van der Waals surface area contributed by atoms with E-state index >= 15 is 4.39 Å². The van der Waals surface area contributed by atoms with Crippen molar-refractivity contribution >= 4 is 23.5 Å². The molecular weight excluding hydrogens is 540 g/mol. The van der Waals surface area contributed by atoms with Crippen LogP contribution in [-0.4, -0.2) is 50.9 Å². The SMILES string of the molecule is CCN(NC(=O)c1cc(OC)no1)C(=O)NC(C)c1ncc(-c2cc(Cl)cc(F)c2-c2noc(C)n2)cc1F. The van der Waals surface area contributed by atoms with E-state index in [4.69, 9.17) is 25.4 Å². The second-order valence-electron chi connectivity index (χ2n) is 8.13. The number of carbonyl (C=O) groups is 2. The maximum atomic E-state index is 15.2. The van der Waals surface area contributed by atoms with Gasteiger partial charge in [0.25, 0.3) is 5.88 Å². The van der Waals surface area contributed by atoms with E-state index < -0.39 is 29.6 Å². The standard InChI is InChI=1S/C24H22ClF2N7O5/c1-5-34(31-23(35)18-9-19(37-4)32-39-18)24(36)29-11(2)21-17(27)6-13(10-28-21)15-7-14(25)8-16(26)20(15)22-30-12(3)38-33-22/h6-11H,5H2,1-4H3,(H,29,36)(H,31,35). The molecule has 2 N–H and O–H groups in total. The summed E-state index contributed by atoms with van der Waals surface area (Å²) in [6.07, 6.45) is 1.30. The van der Waals surface area contributed by atoms with Crippen molar-refractivity contribution in [2.75, 3.05) is 13.7 Å². The van der Waals surface area contributed by atoms with Gasteiger partial charge < -0.3 is 19.1 Å². The first-order chi connectivity index (χ1) is 18.6. The summed E-state index contributed by atoms with van der Waals surface area (Å²) in [5.41, 5.74) is 2.61. The Morgan fingerprint density at radius 1 is 1.15 bits per heavy atom. The average Bonchev–Trinajstić information content (AvgIpc) is 3.55. The molecule has 0 aliphatic carbocycles. The summed E-state index contributed by atoms with van der Waals surface area (Å²) in [6.45, 7) is 4.74. The van der Waals surface area contributed by atoms with Crippen molar-refractivity contribution in [2.24, 2.45) is 0 Å². The molecule has 4 aromatic rings. The van der Waals surface area contributed by atoms with Gasteiger partial charge in [-0.05, 0) is 42.8 Å². The number of amides is 3. The maximum Gasteiger partial charge on any atom is 0.336 e. The number of hydrazine groups is 1. The van der Waals surface area contributed by atoms with Crippen molar-refractivity contribution in [3.8, 4) is 28.4 Å². The van der Waals surface area contributed by atoms with Gasteiger partial charge in [-0.3, -0.25) is 15.2 Å². The predicted octanol–water partition coefficient (Wildman–Crippen LogP) is 4.47. The monoisotopic (exact) mass is 561 g/mol. The highest BCUT2D eigenvalue weighted by Crippen LogP contribution is 2.36. The Hall–Kier alpha value is -4.59. The molecule has 0 radical (unpaired) electrons. The summed E-state index contributed by atoms with van der Waals surface area (Å²) < 4.78 is 44.7. The lowest BCUT2D eigenvalue weighted by atomic mass is 9.99. The Morgan fingerprint density at radius 3 is 2.54 bits per heavy atom. The third-order valence-electron chi connectivity index (χ3n) is 5.46. The van der Waals surface area contributed by atoms with Crippen LogP contribution in [-0.2, 0) is 0 Å². The van der Waals surface area contributed by atoms with Crippen molar-refractivity contribution in [1.29, 1.82) is 0 Å². The Balaban J connectivity index is 1.53. The van der Waals surface area contributed by atoms with Crippen LogP contribution in [0.4, 0.5) is 13.6 Å². The Morgan fingerprint density at radius 2 is 1.92 bits per heavy atom. The van der Waals surface area contributed by atoms with E-state index in [1.54, 1.807) is 13.8 Å². The lowest BCUT2D eigenvalue weighted by molar-refractivity contribution is 0.0791. The highest BCUT2D eigenvalue weighted by molar-refractivity contribution is 6.31. The number of aryl methyl sites for hydroxylation is 1. The Labute approximate surface area is 225 Å². The van der Waals surface area contributed by atoms with E-state index in [1.165, 1.54) is 32.4 Å². The van der Waals surface area contributed by atoms with Crippen LogP contribution in [0.5, 0.6) is 5.88 Å². The van der Waals surface area contributed by atoms with E-state index in [1.807, 2.05) is 0 Å². The van der Waals surface area contributed by atoms with Crippen LogP contribution in [0.3, 0.4) is 0 Å². The number of nitrogens with zero attached hydrogens (tertiary/aromatic N) is 5. The third-order valence-corrected chi connectivity index (χ3v) is 5.67. The summed E-state index contributed by atoms with van der Waals surface area (Å²) in [7, 11) is 1.35. The number of halogens is 3. The number of ether oxygens (including phenoxy) is 1. The van der Waals surface area contributed by atoms with Crippen LogP contribution in [0, 0.1) is 18.6 Å². The first kappa shape index (κ1) is 27.4. The quantitative estimate of drug-likeness (QED) is 0.312. The number of urea groups is 1. The van der Waals surface area contributed by atoms with Crippen molar-refractivity contribution in [2.45, 2.75) is 26.8 Å². The fourth-order valence-electron chi connectivity index (χ4n) is 3.59. The van der Waals surface area contributed by atoms with Gasteiger partial charge in [0.1, 0.15) is 11.6 Å². The van der Waals surface area contributed by atoms with Crippen LogP contribution >= 0.6 is 11.6 Å². The molecule has 1 unspecified atom stereocenters. The molecule has 39 heavy (non-hydrogen) atoms. The molecule has 4 rings (SSSR count). The smallest absolute Gasteiger partial charge is 0.336 e. The van der Waals surface area contributed by atoms with Crippen LogP contribution in [0.1, 0.15) is 42.0 Å². The topological polar surface area (TPSA) is 149 Å². The minimum Gasteiger partial charge on any atom is -0.479 e. The number of hydrogen-bond donors (Lipinski definition) is 2. The van der Waals surface area contributed by atoms with Crippen molar-refractivity contribution in [3.05, 3.63) is 64.5 Å². The summed E-state index contributed by atoms with van der Waals surface area (Å²) in [6, 6.07) is 3.24. The first-order valence-corrected chi connectivity index (χ1v) is 11.8. The number of methoxy groups -OCH3 is 1. The van der Waals surface area contributed by atoms with Gasteiger partial charge in [-0.1, -0.05) is 16.8 Å². The van der Waals surface area contributed by atoms with Crippen molar-refractivity contribution in [3.63, 3.8) is 0 Å². The fraction of sp³-hybridized carbons (Fsp3) is 0.250. The molecule has 1 atom stereocenters. The molecule has 1 aromatic carbocycles. The average molecular weight is 562 g/mol. The van der Waals surface area contributed by atoms with Crippen LogP contribution in [0.15, 0.2) is 39.5 Å². The minimum atomic E-state index is -0.918. The molecule has 0 fully saturated rings. The molecule has 12 nitrogen and oxygen atoms in total. The molecule has 0 spiro atoms. The van der Waals surface area contributed by atoms with Gasteiger partial charge >= 0.3 is 11.9 Å². The molecule has 3 heterocycles. The van der Waals surface area contributed by atoms with E-state index in [-0.39, 0.29) is 57.3 Å². The third kappa shape index (κ3) is 5.95. The number of hydrogen-bond acceptors (Lipinski definition) is 9. The molecule has 15 heteroatoms. The van der Waals surface area contributed by atoms with Crippen molar-refractivity contribution < 1.29 is 32.2 Å². The zero-order valence-electron chi connectivity index (χ0n) is 21.1. The van der Waals surface area contributed by atoms with E-state index in [2.05, 4.69) is 31.0 Å². The highest BCUT2D eigenvalue weighted by atomic mass is 35.5. The predicted molar refractivity (Wildman–Crippen MR) is 132 cm³/mol. The van der Waals surface area contributed by atoms with Crippen LogP contribution in [0.2, 0.25) is 5.02 Å². The zero-order chi connectivity index (χ0) is 28.3. The second-order valence-corrected chi connectivity index (χ2v) is 8.56. The van der Waals surface area contributed by atoms with Crippen molar-refractivity contribution in [1.82, 2.24) is 36.0 Å². The molecule has 0 saturated heterocycles. The lowest BCUT2D eigenvalue weighted by Gasteiger charge is -2.24. The van der Waals surface area contributed by atoms with Gasteiger partial charge in [-0.2, -0.15) is 4.98 Å². The second kappa shape index (κ2) is 11.4. The molecular formula is C24H22ClF2N7O5. The van der Waals surface area contributed by atoms with Gasteiger partial charge in [0.05, 0.1) is 30.5 Å². The van der Waals surface area contributed by atoms with Crippen LogP contribution < -0.4 is 15.5 Å². The van der Waals surface area contributed by atoms with Gasteiger partial charge in [-0.15, -0.1) is 0 Å². The number of nitrogens with one attached hydrogen (secondary N) is 2. The normalized spacial score (nSPS) is 11.7. The number of benzene rings is 1. The number of pyridine rings is 1. The Bertz CT molecular complexity index is 1530. The molecule has 0 saturated carbocycles. The summed E-state index contributed by atoms with van der Waals surface area (Å²) in [5.74, 6) is -2.16. The maximum absolute atomic E-state index is 15.2. The van der Waals surface area contributed by atoms with Gasteiger partial charge in [-0.25, -0.2) is 18.6 Å². The number of aromatic nitrogens is 4.